The first-order valence-electron chi connectivity index (χ1n) is 8.98. The Morgan fingerprint density at radius 3 is 2.38 bits per heavy atom. The van der Waals surface area contributed by atoms with E-state index in [0.29, 0.717) is 11.4 Å². The zero-order valence-corrected chi connectivity index (χ0v) is 16.4. The van der Waals surface area contributed by atoms with Gasteiger partial charge in [0.2, 0.25) is 0 Å². The summed E-state index contributed by atoms with van der Waals surface area (Å²) in [5.41, 5.74) is 4.08. The Morgan fingerprint density at radius 1 is 1.14 bits per heavy atom. The van der Waals surface area contributed by atoms with Crippen molar-refractivity contribution in [2.75, 3.05) is 12.4 Å². The minimum Gasteiger partial charge on any atom is -0.508 e. The number of ether oxygens (including phenoxy) is 1. The third-order valence-corrected chi connectivity index (χ3v) is 4.59. The number of aromatic hydroxyl groups is 1. The number of amides is 1. The van der Waals surface area contributed by atoms with Gasteiger partial charge in [-0.15, -0.1) is 0 Å². The van der Waals surface area contributed by atoms with Crippen LogP contribution >= 0.6 is 0 Å². The van der Waals surface area contributed by atoms with Gasteiger partial charge in [-0.25, -0.2) is 0 Å². The number of benzene rings is 2. The lowest BCUT2D eigenvalue weighted by atomic mass is 10.1. The fraction of sp³-hybridized carbons (Fsp3) is 0.130. The first-order chi connectivity index (χ1) is 13.9. The Balaban J connectivity index is 1.88. The highest BCUT2D eigenvalue weighted by Crippen LogP contribution is 2.24. The van der Waals surface area contributed by atoms with Gasteiger partial charge in [-0.3, -0.25) is 4.79 Å². The third-order valence-electron chi connectivity index (χ3n) is 4.59. The van der Waals surface area contributed by atoms with E-state index in [-0.39, 0.29) is 11.3 Å². The largest absolute Gasteiger partial charge is 0.508 e. The minimum absolute atomic E-state index is 0.00627. The molecule has 146 valence electrons. The number of phenols is 1. The van der Waals surface area contributed by atoms with E-state index in [2.05, 4.69) is 5.32 Å². The number of nitrogens with one attached hydrogen (secondary N) is 1. The molecule has 1 heterocycles. The number of aromatic nitrogens is 1. The van der Waals surface area contributed by atoms with Crippen LogP contribution in [0.2, 0.25) is 0 Å². The lowest BCUT2D eigenvalue weighted by molar-refractivity contribution is -0.112. The van der Waals surface area contributed by atoms with Gasteiger partial charge in [-0.05, 0) is 80.1 Å². The molecule has 0 fully saturated rings. The van der Waals surface area contributed by atoms with Crippen LogP contribution in [0.4, 0.5) is 5.69 Å². The molecule has 0 bridgehead atoms. The van der Waals surface area contributed by atoms with Gasteiger partial charge in [-0.2, -0.15) is 5.26 Å². The van der Waals surface area contributed by atoms with Crippen molar-refractivity contribution in [3.63, 3.8) is 0 Å². The summed E-state index contributed by atoms with van der Waals surface area (Å²) in [6.07, 6.45) is 1.58. The number of nitrogens with zero attached hydrogens (tertiary/aromatic N) is 2. The van der Waals surface area contributed by atoms with Crippen molar-refractivity contribution >= 4 is 17.7 Å². The number of methoxy groups -OCH3 is 1. The van der Waals surface area contributed by atoms with E-state index in [1.54, 1.807) is 49.6 Å². The third kappa shape index (κ3) is 4.30. The molecule has 2 N–H and O–H groups in total. The summed E-state index contributed by atoms with van der Waals surface area (Å²) < 4.78 is 7.10. The maximum Gasteiger partial charge on any atom is 0.266 e. The van der Waals surface area contributed by atoms with Crippen LogP contribution < -0.4 is 10.1 Å². The second-order valence-electron chi connectivity index (χ2n) is 6.53. The van der Waals surface area contributed by atoms with Crippen LogP contribution in [0.25, 0.3) is 11.8 Å². The fourth-order valence-corrected chi connectivity index (χ4v) is 3.11. The molecule has 6 nitrogen and oxygen atoms in total. The van der Waals surface area contributed by atoms with Crippen LogP contribution in [-0.2, 0) is 4.79 Å². The summed E-state index contributed by atoms with van der Waals surface area (Å²) in [5.74, 6) is 0.395. The summed E-state index contributed by atoms with van der Waals surface area (Å²) >= 11 is 0. The Hall–Kier alpha value is -3.98. The molecule has 1 amide bonds. The normalized spacial score (nSPS) is 11.0. The number of carbonyl (C=O) groups excluding carboxylic acids is 1. The molecule has 2 aromatic carbocycles. The van der Waals surface area contributed by atoms with Gasteiger partial charge in [0.25, 0.3) is 5.91 Å². The van der Waals surface area contributed by atoms with Crippen molar-refractivity contribution in [1.82, 2.24) is 4.57 Å². The van der Waals surface area contributed by atoms with Crippen LogP contribution in [0.15, 0.2) is 60.2 Å². The van der Waals surface area contributed by atoms with E-state index in [1.165, 1.54) is 0 Å². The van der Waals surface area contributed by atoms with Gasteiger partial charge in [0, 0.05) is 22.8 Å². The van der Waals surface area contributed by atoms with E-state index >= 15 is 0 Å². The monoisotopic (exact) mass is 387 g/mol. The molecule has 0 unspecified atom stereocenters. The molecule has 0 saturated heterocycles. The van der Waals surface area contributed by atoms with Gasteiger partial charge in [0.15, 0.2) is 0 Å². The zero-order valence-electron chi connectivity index (χ0n) is 16.4. The van der Waals surface area contributed by atoms with Crippen LogP contribution in [0.5, 0.6) is 11.5 Å². The Bertz CT molecular complexity index is 1100. The summed E-state index contributed by atoms with van der Waals surface area (Å²) in [5, 5.41) is 21.7. The summed E-state index contributed by atoms with van der Waals surface area (Å²) in [6.45, 7) is 3.86. The van der Waals surface area contributed by atoms with Crippen molar-refractivity contribution in [2.24, 2.45) is 0 Å². The van der Waals surface area contributed by atoms with Crippen LogP contribution in [0.1, 0.15) is 17.0 Å². The molecule has 1 aromatic heterocycles. The molecule has 0 radical (unpaired) electrons. The van der Waals surface area contributed by atoms with Crippen molar-refractivity contribution < 1.29 is 14.6 Å². The average Bonchev–Trinajstić information content (AvgIpc) is 3.00. The van der Waals surface area contributed by atoms with Gasteiger partial charge < -0.3 is 19.7 Å². The molecule has 3 rings (SSSR count). The number of anilines is 1. The number of phenolic OH excluding ortho intramolecular Hbond substituents is 1. The van der Waals surface area contributed by atoms with E-state index in [1.807, 2.05) is 42.7 Å². The number of nitriles is 1. The molecular weight excluding hydrogens is 366 g/mol. The molecular formula is C23H21N3O3. The summed E-state index contributed by atoms with van der Waals surface area (Å²) in [4.78, 5) is 12.5. The fourth-order valence-electron chi connectivity index (χ4n) is 3.11. The highest BCUT2D eigenvalue weighted by Gasteiger charge is 2.14. The van der Waals surface area contributed by atoms with Crippen molar-refractivity contribution in [3.05, 3.63) is 77.1 Å². The number of hydrogen-bond donors (Lipinski definition) is 2. The highest BCUT2D eigenvalue weighted by molar-refractivity contribution is 6.09. The summed E-state index contributed by atoms with van der Waals surface area (Å²) in [7, 11) is 1.57. The standard InChI is InChI=1S/C23H21N3O3/c1-15-12-17(16(2)26(15)20-6-8-21(27)9-7-20)13-18(14-24)23(28)25-19-4-10-22(29-3)11-5-19/h4-13,27H,1-3H3,(H,25,28)/b18-13+. The molecule has 0 aliphatic carbocycles. The lowest BCUT2D eigenvalue weighted by Gasteiger charge is -2.09. The predicted molar refractivity (Wildman–Crippen MR) is 112 cm³/mol. The molecule has 6 heteroatoms. The van der Waals surface area contributed by atoms with Crippen LogP contribution in [0, 0.1) is 25.2 Å². The van der Waals surface area contributed by atoms with E-state index in [0.717, 1.165) is 22.6 Å². The second kappa shape index (κ2) is 8.36. The smallest absolute Gasteiger partial charge is 0.266 e. The van der Waals surface area contributed by atoms with Crippen LogP contribution in [-0.4, -0.2) is 22.7 Å². The first kappa shape index (κ1) is 19.8. The summed E-state index contributed by atoms with van der Waals surface area (Å²) in [6, 6.07) is 17.6. The molecule has 0 aliphatic heterocycles. The second-order valence-corrected chi connectivity index (χ2v) is 6.53. The van der Waals surface area contributed by atoms with Gasteiger partial charge in [0.1, 0.15) is 23.1 Å². The van der Waals surface area contributed by atoms with Gasteiger partial charge >= 0.3 is 0 Å². The number of hydrogen-bond acceptors (Lipinski definition) is 4. The maximum atomic E-state index is 12.5. The number of rotatable bonds is 5. The van der Waals surface area contributed by atoms with Crippen molar-refractivity contribution in [1.29, 1.82) is 5.26 Å². The highest BCUT2D eigenvalue weighted by atomic mass is 16.5. The number of carbonyl (C=O) groups is 1. The Kier molecular flexibility index (Phi) is 5.70. The molecule has 0 aliphatic rings. The molecule has 0 atom stereocenters. The maximum absolute atomic E-state index is 12.5. The molecule has 0 saturated carbocycles. The number of aryl methyl sites for hydroxylation is 1. The van der Waals surface area contributed by atoms with Crippen LogP contribution in [0.3, 0.4) is 0 Å². The molecule has 0 spiro atoms. The van der Waals surface area contributed by atoms with Crippen molar-refractivity contribution in [3.8, 4) is 23.3 Å². The minimum atomic E-state index is -0.480. The SMILES string of the molecule is COc1ccc(NC(=O)/C(C#N)=C/c2cc(C)n(-c3ccc(O)cc3)c2C)cc1. The Morgan fingerprint density at radius 2 is 1.79 bits per heavy atom. The van der Waals surface area contributed by atoms with E-state index < -0.39 is 5.91 Å². The van der Waals surface area contributed by atoms with Gasteiger partial charge in [0.05, 0.1) is 7.11 Å². The average molecular weight is 387 g/mol. The lowest BCUT2D eigenvalue weighted by Crippen LogP contribution is -2.13. The zero-order chi connectivity index (χ0) is 21.0. The quantitative estimate of drug-likeness (QED) is 0.503. The molecule has 3 aromatic rings. The Labute approximate surface area is 169 Å². The molecule has 29 heavy (non-hydrogen) atoms. The topological polar surface area (TPSA) is 87.3 Å². The van der Waals surface area contributed by atoms with Gasteiger partial charge in [-0.1, -0.05) is 0 Å². The van der Waals surface area contributed by atoms with E-state index in [4.69, 9.17) is 4.74 Å². The predicted octanol–water partition coefficient (Wildman–Crippen LogP) is 4.35. The van der Waals surface area contributed by atoms with E-state index in [9.17, 15) is 15.2 Å². The van der Waals surface area contributed by atoms with Crippen molar-refractivity contribution in [2.45, 2.75) is 13.8 Å². The first-order valence-corrected chi connectivity index (χ1v) is 8.98.